The van der Waals surface area contributed by atoms with Crippen LogP contribution in [0.15, 0.2) is 12.3 Å². The second-order valence-electron chi connectivity index (χ2n) is 5.08. The molecule has 1 amide bonds. The summed E-state index contributed by atoms with van der Waals surface area (Å²) in [6.07, 6.45) is 5.13. The highest BCUT2D eigenvalue weighted by Crippen LogP contribution is 2.23. The number of hydrogen-bond donors (Lipinski definition) is 1. The van der Waals surface area contributed by atoms with Gasteiger partial charge in [0.1, 0.15) is 12.0 Å². The Morgan fingerprint density at radius 2 is 2.25 bits per heavy atom. The number of nitrogens with zero attached hydrogens (tertiary/aromatic N) is 3. The molecule has 1 aromatic heterocycles. The van der Waals surface area contributed by atoms with Crippen LogP contribution in [0.4, 0.5) is 11.5 Å². The Hall–Kier alpha value is -2.18. The van der Waals surface area contributed by atoms with Crippen molar-refractivity contribution in [3.63, 3.8) is 0 Å². The van der Waals surface area contributed by atoms with Crippen LogP contribution in [0, 0.1) is 10.1 Å². The highest BCUT2D eigenvalue weighted by Gasteiger charge is 2.26. The van der Waals surface area contributed by atoms with Gasteiger partial charge in [0, 0.05) is 18.7 Å². The minimum Gasteiger partial charge on any atom is -0.383 e. The number of nitro groups is 1. The fourth-order valence-corrected chi connectivity index (χ4v) is 2.47. The molecule has 0 aliphatic carbocycles. The molecule has 0 aromatic carbocycles. The third-order valence-corrected chi connectivity index (χ3v) is 3.66. The van der Waals surface area contributed by atoms with Gasteiger partial charge in [-0.2, -0.15) is 0 Å². The Bertz CT molecular complexity index is 532. The molecule has 2 rings (SSSR count). The van der Waals surface area contributed by atoms with E-state index in [-0.39, 0.29) is 29.0 Å². The summed E-state index contributed by atoms with van der Waals surface area (Å²) in [7, 11) is 0. The fourth-order valence-electron chi connectivity index (χ4n) is 2.47. The van der Waals surface area contributed by atoms with Crippen molar-refractivity contribution in [1.82, 2.24) is 9.88 Å². The summed E-state index contributed by atoms with van der Waals surface area (Å²) in [6, 6.07) is 1.33. The first-order valence-corrected chi connectivity index (χ1v) is 6.71. The molecular formula is C13H18N4O3. The minimum atomic E-state index is -0.574. The second-order valence-corrected chi connectivity index (χ2v) is 5.08. The first-order valence-electron chi connectivity index (χ1n) is 6.71. The van der Waals surface area contributed by atoms with E-state index >= 15 is 0 Å². The zero-order valence-corrected chi connectivity index (χ0v) is 11.4. The zero-order valence-electron chi connectivity index (χ0n) is 11.4. The number of hydrogen-bond acceptors (Lipinski definition) is 5. The van der Waals surface area contributed by atoms with E-state index in [1.54, 1.807) is 4.90 Å². The quantitative estimate of drug-likeness (QED) is 0.658. The van der Waals surface area contributed by atoms with Gasteiger partial charge in [0.05, 0.1) is 10.5 Å². The van der Waals surface area contributed by atoms with Gasteiger partial charge in [0.2, 0.25) is 0 Å². The molecule has 0 bridgehead atoms. The van der Waals surface area contributed by atoms with Crippen molar-refractivity contribution >= 4 is 17.4 Å². The normalized spacial score (nSPS) is 19.4. The van der Waals surface area contributed by atoms with Gasteiger partial charge in [-0.1, -0.05) is 12.8 Å². The molecule has 2 N–H and O–H groups in total. The monoisotopic (exact) mass is 278 g/mol. The van der Waals surface area contributed by atoms with E-state index in [1.165, 1.54) is 6.07 Å². The lowest BCUT2D eigenvalue weighted by atomic mass is 10.1. The Morgan fingerprint density at radius 1 is 1.50 bits per heavy atom. The molecule has 1 fully saturated rings. The van der Waals surface area contributed by atoms with Crippen LogP contribution in [0.5, 0.6) is 0 Å². The number of likely N-dealkylation sites (tertiary alicyclic amines) is 1. The molecule has 1 saturated heterocycles. The van der Waals surface area contributed by atoms with Gasteiger partial charge >= 0.3 is 0 Å². The average Bonchev–Trinajstić information content (AvgIpc) is 2.63. The lowest BCUT2D eigenvalue weighted by Gasteiger charge is -2.27. The lowest BCUT2D eigenvalue weighted by Crippen LogP contribution is -2.38. The van der Waals surface area contributed by atoms with Crippen LogP contribution in [0.25, 0.3) is 0 Å². The molecule has 1 aromatic rings. The van der Waals surface area contributed by atoms with E-state index < -0.39 is 4.92 Å². The predicted octanol–water partition coefficient (Wildman–Crippen LogP) is 1.98. The van der Waals surface area contributed by atoms with Crippen molar-refractivity contribution in [3.8, 4) is 0 Å². The first-order chi connectivity index (χ1) is 9.50. The lowest BCUT2D eigenvalue weighted by molar-refractivity contribution is -0.385. The molecule has 7 nitrogen and oxygen atoms in total. The first kappa shape index (κ1) is 14.2. The van der Waals surface area contributed by atoms with Crippen LogP contribution < -0.4 is 5.73 Å². The molecule has 0 radical (unpaired) electrons. The third kappa shape index (κ3) is 2.87. The van der Waals surface area contributed by atoms with Crippen molar-refractivity contribution < 1.29 is 9.72 Å². The van der Waals surface area contributed by atoms with Crippen LogP contribution in [0.1, 0.15) is 43.0 Å². The van der Waals surface area contributed by atoms with E-state index in [0.717, 1.165) is 31.9 Å². The number of nitrogens with two attached hydrogens (primary N) is 1. The zero-order chi connectivity index (χ0) is 14.7. The van der Waals surface area contributed by atoms with E-state index in [9.17, 15) is 14.9 Å². The van der Waals surface area contributed by atoms with Crippen LogP contribution in [0.2, 0.25) is 0 Å². The number of aromatic nitrogens is 1. The van der Waals surface area contributed by atoms with Gasteiger partial charge in [-0.25, -0.2) is 4.98 Å². The molecule has 20 heavy (non-hydrogen) atoms. The summed E-state index contributed by atoms with van der Waals surface area (Å²) in [6.45, 7) is 2.65. The Morgan fingerprint density at radius 3 is 2.95 bits per heavy atom. The Kier molecular flexibility index (Phi) is 4.16. The van der Waals surface area contributed by atoms with E-state index in [0.29, 0.717) is 6.54 Å². The number of carbonyl (C=O) groups excluding carboxylic acids is 1. The number of anilines is 1. The van der Waals surface area contributed by atoms with Gasteiger partial charge in [-0.05, 0) is 19.8 Å². The van der Waals surface area contributed by atoms with Crippen molar-refractivity contribution in [2.24, 2.45) is 0 Å². The molecule has 1 atom stereocenters. The molecule has 108 valence electrons. The summed E-state index contributed by atoms with van der Waals surface area (Å²) in [5.41, 5.74) is 5.60. The van der Waals surface area contributed by atoms with Gasteiger partial charge in [-0.3, -0.25) is 14.9 Å². The van der Waals surface area contributed by atoms with Crippen LogP contribution in [-0.4, -0.2) is 33.3 Å². The SMILES string of the molecule is CC1CCCCCN1C(=O)c1cc([N+](=O)[O-])cnc1N. The number of carbonyl (C=O) groups is 1. The van der Waals surface area contributed by atoms with E-state index in [2.05, 4.69) is 4.98 Å². The highest BCUT2D eigenvalue weighted by atomic mass is 16.6. The summed E-state index contributed by atoms with van der Waals surface area (Å²) in [5, 5.41) is 10.8. The fraction of sp³-hybridized carbons (Fsp3) is 0.538. The highest BCUT2D eigenvalue weighted by molar-refractivity contribution is 5.99. The van der Waals surface area contributed by atoms with Crippen LogP contribution in [0.3, 0.4) is 0 Å². The second kappa shape index (κ2) is 5.85. The van der Waals surface area contributed by atoms with Crippen molar-refractivity contribution in [2.75, 3.05) is 12.3 Å². The van der Waals surface area contributed by atoms with Crippen molar-refractivity contribution in [1.29, 1.82) is 0 Å². The maximum absolute atomic E-state index is 12.5. The summed E-state index contributed by atoms with van der Waals surface area (Å²) < 4.78 is 0. The summed E-state index contributed by atoms with van der Waals surface area (Å²) in [4.78, 5) is 28.2. The maximum atomic E-state index is 12.5. The van der Waals surface area contributed by atoms with Crippen molar-refractivity contribution in [2.45, 2.75) is 38.6 Å². The van der Waals surface area contributed by atoms with Crippen LogP contribution in [-0.2, 0) is 0 Å². The smallest absolute Gasteiger partial charge is 0.288 e. The summed E-state index contributed by atoms with van der Waals surface area (Å²) >= 11 is 0. The number of pyridine rings is 1. The average molecular weight is 278 g/mol. The summed E-state index contributed by atoms with van der Waals surface area (Å²) in [5.74, 6) is -0.231. The molecule has 7 heteroatoms. The number of rotatable bonds is 2. The standard InChI is InChI=1S/C13H18N4O3/c1-9-5-3-2-4-6-16(9)13(18)11-7-10(17(19)20)8-15-12(11)14/h7-9H,2-6H2,1H3,(H2,14,15). The number of amides is 1. The molecule has 0 spiro atoms. The Balaban J connectivity index is 2.31. The molecular weight excluding hydrogens is 260 g/mol. The van der Waals surface area contributed by atoms with Crippen molar-refractivity contribution in [3.05, 3.63) is 27.9 Å². The molecule has 2 heterocycles. The molecule has 0 saturated carbocycles. The largest absolute Gasteiger partial charge is 0.383 e. The Labute approximate surface area is 116 Å². The van der Waals surface area contributed by atoms with Crippen LogP contribution >= 0.6 is 0 Å². The minimum absolute atomic E-state index is 0.0389. The molecule has 1 aliphatic heterocycles. The van der Waals surface area contributed by atoms with Gasteiger partial charge in [-0.15, -0.1) is 0 Å². The van der Waals surface area contributed by atoms with E-state index in [1.807, 2.05) is 6.92 Å². The molecule has 1 aliphatic rings. The van der Waals surface area contributed by atoms with Gasteiger partial charge in [0.15, 0.2) is 0 Å². The topological polar surface area (TPSA) is 102 Å². The number of nitrogen functional groups attached to an aromatic ring is 1. The predicted molar refractivity (Wildman–Crippen MR) is 74.3 cm³/mol. The third-order valence-electron chi connectivity index (χ3n) is 3.66. The maximum Gasteiger partial charge on any atom is 0.288 e. The van der Waals surface area contributed by atoms with Gasteiger partial charge < -0.3 is 10.6 Å². The van der Waals surface area contributed by atoms with Gasteiger partial charge in [0.25, 0.3) is 11.6 Å². The molecule has 1 unspecified atom stereocenters. The van der Waals surface area contributed by atoms with E-state index in [4.69, 9.17) is 5.73 Å².